The first-order valence-electron chi connectivity index (χ1n) is 9.16. The lowest BCUT2D eigenvalue weighted by atomic mass is 9.88. The molecule has 1 aromatic heterocycles. The van der Waals surface area contributed by atoms with E-state index < -0.39 is 17.6 Å². The van der Waals surface area contributed by atoms with Crippen LogP contribution in [0.25, 0.3) is 22.4 Å². The summed E-state index contributed by atoms with van der Waals surface area (Å²) < 4.78 is 47.0. The fraction of sp³-hybridized carbons (Fsp3) is 0.0909. The Hall–Kier alpha value is -2.65. The zero-order valence-electron chi connectivity index (χ0n) is 15.5. The fourth-order valence-electron chi connectivity index (χ4n) is 3.93. The zero-order chi connectivity index (χ0) is 22.0. The predicted octanol–water partition coefficient (Wildman–Crippen LogP) is 6.75. The number of fused-ring (bicyclic) bond motifs is 5. The van der Waals surface area contributed by atoms with Gasteiger partial charge in [-0.25, -0.2) is 4.98 Å². The molecule has 2 heterocycles. The van der Waals surface area contributed by atoms with Gasteiger partial charge in [-0.1, -0.05) is 42.5 Å². The van der Waals surface area contributed by atoms with Gasteiger partial charge in [-0.2, -0.15) is 13.2 Å². The zero-order valence-corrected chi connectivity index (χ0v) is 18.7. The van der Waals surface area contributed by atoms with Crippen LogP contribution in [0.3, 0.4) is 0 Å². The number of alkyl halides is 3. The quantitative estimate of drug-likeness (QED) is 0.300. The molecule has 31 heavy (non-hydrogen) atoms. The number of aromatic nitrogens is 2. The third kappa shape index (κ3) is 2.86. The molecule has 0 fully saturated rings. The summed E-state index contributed by atoms with van der Waals surface area (Å²) in [5.41, 5.74) is -2.08. The molecule has 4 aromatic rings. The number of Topliss-reactive ketones (excluding diaryl/α,β-unsaturated/α-hetero) is 1. The molecule has 0 bridgehead atoms. The van der Waals surface area contributed by atoms with Crippen molar-refractivity contribution in [3.63, 3.8) is 0 Å². The molecule has 0 saturated heterocycles. The van der Waals surface area contributed by atoms with Gasteiger partial charge in [0, 0.05) is 25.8 Å². The van der Waals surface area contributed by atoms with Crippen LogP contribution in [0, 0.1) is 0 Å². The van der Waals surface area contributed by atoms with Crippen LogP contribution in [0.2, 0.25) is 0 Å². The number of hydrogen-bond donors (Lipinski definition) is 1. The molecule has 156 valence electrons. The number of carbonyl (C=O) groups is 1. The Morgan fingerprint density at radius 3 is 2.19 bits per heavy atom. The summed E-state index contributed by atoms with van der Waals surface area (Å²) in [7, 11) is 0. The van der Waals surface area contributed by atoms with Crippen molar-refractivity contribution >= 4 is 54.4 Å². The highest BCUT2D eigenvalue weighted by atomic mass is 79.9. The molecule has 1 N–H and O–H groups in total. The molecular weight excluding hydrogens is 539 g/mol. The van der Waals surface area contributed by atoms with Gasteiger partial charge in [0.05, 0.1) is 11.0 Å². The van der Waals surface area contributed by atoms with Gasteiger partial charge in [-0.15, -0.1) is 0 Å². The minimum absolute atomic E-state index is 0.0378. The lowest BCUT2D eigenvalue weighted by molar-refractivity contribution is -0.186. The van der Waals surface area contributed by atoms with Gasteiger partial charge in [-0.3, -0.25) is 9.36 Å². The normalized spacial score (nSPS) is 18.0. The third-order valence-corrected chi connectivity index (χ3v) is 7.13. The first-order chi connectivity index (χ1) is 14.7. The maximum Gasteiger partial charge on any atom is 0.438 e. The Kier molecular flexibility index (Phi) is 4.53. The number of benzene rings is 3. The summed E-state index contributed by atoms with van der Waals surface area (Å²) in [6, 6.07) is 17.3. The number of para-hydroxylation sites is 1. The Bertz CT molecular complexity index is 1350. The van der Waals surface area contributed by atoms with Crippen molar-refractivity contribution in [1.82, 2.24) is 9.55 Å². The van der Waals surface area contributed by atoms with Gasteiger partial charge in [0.1, 0.15) is 5.82 Å². The summed E-state index contributed by atoms with van der Waals surface area (Å²) >= 11 is 6.73. The van der Waals surface area contributed by atoms with E-state index in [1.165, 1.54) is 24.3 Å². The molecule has 4 nitrogen and oxygen atoms in total. The SMILES string of the molecule is O=C1c2ccccc2-c2nc3cc(Br)c(Br)cc3n2C1(Nc1ccccc1)C(F)(F)F. The molecule has 1 atom stereocenters. The molecular formula is C22H12Br2F3N3O. The number of carbonyl (C=O) groups excluding carboxylic acids is 1. The number of nitrogens with one attached hydrogen (secondary N) is 1. The van der Waals surface area contributed by atoms with Crippen molar-refractivity contribution in [3.8, 4) is 11.4 Å². The molecule has 0 saturated carbocycles. The second kappa shape index (κ2) is 6.93. The number of halogens is 5. The van der Waals surface area contributed by atoms with E-state index in [1.807, 2.05) is 0 Å². The lowest BCUT2D eigenvalue weighted by Gasteiger charge is -2.41. The second-order valence-corrected chi connectivity index (χ2v) is 8.81. The van der Waals surface area contributed by atoms with Crippen molar-refractivity contribution in [3.05, 3.63) is 81.2 Å². The van der Waals surface area contributed by atoms with E-state index in [0.29, 0.717) is 20.0 Å². The van der Waals surface area contributed by atoms with Crippen molar-refractivity contribution in [2.45, 2.75) is 11.8 Å². The highest BCUT2D eigenvalue weighted by Gasteiger charge is 2.65. The van der Waals surface area contributed by atoms with Crippen molar-refractivity contribution in [1.29, 1.82) is 0 Å². The molecule has 5 rings (SSSR count). The summed E-state index contributed by atoms with van der Waals surface area (Å²) in [5.74, 6) is -1.03. The predicted molar refractivity (Wildman–Crippen MR) is 119 cm³/mol. The first-order valence-corrected chi connectivity index (χ1v) is 10.7. The van der Waals surface area contributed by atoms with E-state index in [4.69, 9.17) is 0 Å². The maximum atomic E-state index is 14.9. The number of anilines is 1. The summed E-state index contributed by atoms with van der Waals surface area (Å²) in [6.07, 6.45) is -4.98. The van der Waals surface area contributed by atoms with Crippen LogP contribution >= 0.6 is 31.9 Å². The monoisotopic (exact) mass is 549 g/mol. The molecule has 1 unspecified atom stereocenters. The van der Waals surface area contributed by atoms with Gasteiger partial charge < -0.3 is 5.32 Å². The van der Waals surface area contributed by atoms with E-state index in [0.717, 1.165) is 4.57 Å². The number of rotatable bonds is 2. The smallest absolute Gasteiger partial charge is 0.348 e. The van der Waals surface area contributed by atoms with Crippen LogP contribution in [0.1, 0.15) is 10.4 Å². The van der Waals surface area contributed by atoms with E-state index in [-0.39, 0.29) is 22.6 Å². The maximum absolute atomic E-state index is 14.9. The number of ketones is 1. The molecule has 0 radical (unpaired) electrons. The van der Waals surface area contributed by atoms with Crippen LogP contribution in [0.15, 0.2) is 75.7 Å². The van der Waals surface area contributed by atoms with Crippen LogP contribution in [-0.4, -0.2) is 21.5 Å². The number of imidazole rings is 1. The van der Waals surface area contributed by atoms with Crippen molar-refractivity contribution in [2.24, 2.45) is 0 Å². The minimum atomic E-state index is -4.98. The van der Waals surface area contributed by atoms with Gasteiger partial charge in [0.2, 0.25) is 5.78 Å². The van der Waals surface area contributed by atoms with Gasteiger partial charge in [0.25, 0.3) is 5.66 Å². The highest BCUT2D eigenvalue weighted by molar-refractivity contribution is 9.13. The van der Waals surface area contributed by atoms with Gasteiger partial charge >= 0.3 is 6.18 Å². The molecule has 0 amide bonds. The van der Waals surface area contributed by atoms with Crippen LogP contribution in [-0.2, 0) is 5.66 Å². The van der Waals surface area contributed by atoms with Crippen LogP contribution < -0.4 is 5.32 Å². The standard InChI is InChI=1S/C22H12Br2F3N3O/c23-15-10-17-18(11-16(15)24)30-20(28-17)14-9-5-4-8-13(14)19(31)21(30,22(25,26)27)29-12-6-2-1-3-7-12/h1-11,29H. The number of nitrogens with zero attached hydrogens (tertiary/aromatic N) is 2. The first kappa shape index (κ1) is 20.3. The largest absolute Gasteiger partial charge is 0.438 e. The Morgan fingerprint density at radius 1 is 0.903 bits per heavy atom. The number of hydrogen-bond acceptors (Lipinski definition) is 3. The lowest BCUT2D eigenvalue weighted by Crippen LogP contribution is -2.61. The summed E-state index contributed by atoms with van der Waals surface area (Å²) in [6.45, 7) is 0. The highest BCUT2D eigenvalue weighted by Crippen LogP contribution is 2.49. The topological polar surface area (TPSA) is 46.9 Å². The van der Waals surface area contributed by atoms with Crippen LogP contribution in [0.4, 0.5) is 18.9 Å². The average molecular weight is 551 g/mol. The molecule has 1 aliphatic heterocycles. The Labute approximate surface area is 191 Å². The van der Waals surface area contributed by atoms with Crippen molar-refractivity contribution in [2.75, 3.05) is 5.32 Å². The summed E-state index contributed by atoms with van der Waals surface area (Å²) in [4.78, 5) is 18.1. The van der Waals surface area contributed by atoms with E-state index in [2.05, 4.69) is 42.2 Å². The Morgan fingerprint density at radius 2 is 1.52 bits per heavy atom. The van der Waals surface area contributed by atoms with E-state index >= 15 is 0 Å². The van der Waals surface area contributed by atoms with Gasteiger partial charge in [0.15, 0.2) is 0 Å². The molecule has 3 aromatic carbocycles. The summed E-state index contributed by atoms with van der Waals surface area (Å²) in [5, 5.41) is 2.51. The van der Waals surface area contributed by atoms with E-state index in [9.17, 15) is 18.0 Å². The van der Waals surface area contributed by atoms with Crippen LogP contribution in [0.5, 0.6) is 0 Å². The fourth-order valence-corrected chi connectivity index (χ4v) is 4.60. The van der Waals surface area contributed by atoms with Gasteiger partial charge in [-0.05, 0) is 56.1 Å². The minimum Gasteiger partial charge on any atom is -0.348 e. The van der Waals surface area contributed by atoms with E-state index in [1.54, 1.807) is 42.5 Å². The molecule has 0 aliphatic carbocycles. The average Bonchev–Trinajstić information content (AvgIpc) is 3.10. The molecule has 1 aliphatic rings. The second-order valence-electron chi connectivity index (χ2n) is 7.10. The van der Waals surface area contributed by atoms with Crippen molar-refractivity contribution < 1.29 is 18.0 Å². The molecule has 9 heteroatoms. The molecule has 0 spiro atoms. The third-order valence-electron chi connectivity index (χ3n) is 5.28. The Balaban J connectivity index is 1.94.